The molecule has 1 aliphatic rings. The molecular weight excluding hydrogens is 468 g/mol. The first-order chi connectivity index (χ1) is 15.9. The Balaban J connectivity index is 1.37. The van der Waals surface area contributed by atoms with E-state index < -0.39 is 22.2 Å². The number of carbonyl (C=O) groups is 2. The quantitative estimate of drug-likeness (QED) is 0.522. The van der Waals surface area contributed by atoms with Crippen LogP contribution >= 0.6 is 11.3 Å². The van der Waals surface area contributed by atoms with E-state index in [1.165, 1.54) is 53.8 Å². The normalized spacial score (nSPS) is 15.8. The van der Waals surface area contributed by atoms with Crippen molar-refractivity contribution in [2.45, 2.75) is 17.4 Å². The fourth-order valence-corrected chi connectivity index (χ4v) is 5.04. The first-order valence-electron chi connectivity index (χ1n) is 9.81. The van der Waals surface area contributed by atoms with Gasteiger partial charge in [0.25, 0.3) is 15.9 Å². The molecule has 2 N–H and O–H groups in total. The Morgan fingerprint density at radius 3 is 2.70 bits per heavy atom. The van der Waals surface area contributed by atoms with Crippen LogP contribution in [0, 0.1) is 0 Å². The van der Waals surface area contributed by atoms with Crippen LogP contribution < -0.4 is 19.7 Å². The molecule has 2 aromatic carbocycles. The summed E-state index contributed by atoms with van der Waals surface area (Å²) in [5.41, 5.74) is 0.984. The third kappa shape index (κ3) is 5.23. The minimum absolute atomic E-state index is 0.0403. The average Bonchev–Trinajstić information content (AvgIpc) is 3.43. The summed E-state index contributed by atoms with van der Waals surface area (Å²) in [6.07, 6.45) is 0.125. The number of nitrogens with one attached hydrogen (secondary N) is 2. The monoisotopic (exact) mass is 488 g/mol. The van der Waals surface area contributed by atoms with Crippen LogP contribution in [0.3, 0.4) is 0 Å². The van der Waals surface area contributed by atoms with E-state index in [-0.39, 0.29) is 15.9 Å². The number of anilines is 3. The molecule has 172 valence electrons. The summed E-state index contributed by atoms with van der Waals surface area (Å²) in [6, 6.07) is 12.6. The molecule has 1 aromatic heterocycles. The Labute approximate surface area is 194 Å². The van der Waals surface area contributed by atoms with Gasteiger partial charge in [-0.25, -0.2) is 18.2 Å². The summed E-state index contributed by atoms with van der Waals surface area (Å²) in [5.74, 6) is 0.190. The lowest BCUT2D eigenvalue weighted by Crippen LogP contribution is -2.33. The van der Waals surface area contributed by atoms with Crippen molar-refractivity contribution >= 4 is 49.9 Å². The van der Waals surface area contributed by atoms with Gasteiger partial charge in [-0.15, -0.1) is 11.3 Å². The number of hydrogen-bond donors (Lipinski definition) is 2. The van der Waals surface area contributed by atoms with Crippen molar-refractivity contribution in [3.8, 4) is 5.75 Å². The predicted octanol–water partition coefficient (Wildman–Crippen LogP) is 3.31. The summed E-state index contributed by atoms with van der Waals surface area (Å²) in [4.78, 5) is 30.4. The van der Waals surface area contributed by atoms with Crippen LogP contribution in [0.5, 0.6) is 5.75 Å². The van der Waals surface area contributed by atoms with E-state index in [4.69, 9.17) is 9.47 Å². The molecule has 10 nitrogen and oxygen atoms in total. The van der Waals surface area contributed by atoms with Gasteiger partial charge in [-0.1, -0.05) is 6.07 Å². The minimum atomic E-state index is -3.79. The molecule has 0 unspecified atom stereocenters. The van der Waals surface area contributed by atoms with Crippen molar-refractivity contribution in [1.29, 1.82) is 0 Å². The van der Waals surface area contributed by atoms with Gasteiger partial charge in [0.05, 0.1) is 12.0 Å². The number of rotatable bonds is 7. The number of hydrogen-bond acceptors (Lipinski definition) is 8. The van der Waals surface area contributed by atoms with Crippen molar-refractivity contribution in [1.82, 2.24) is 4.98 Å². The summed E-state index contributed by atoms with van der Waals surface area (Å²) in [5, 5.41) is 4.50. The van der Waals surface area contributed by atoms with E-state index in [0.29, 0.717) is 30.1 Å². The maximum Gasteiger partial charge on any atom is 0.412 e. The molecular formula is C21H20N4O6S2. The molecule has 4 rings (SSSR count). The molecule has 1 saturated heterocycles. The number of ether oxygens (including phenoxy) is 2. The molecule has 2 amide bonds. The number of carbonyl (C=O) groups excluding carboxylic acids is 2. The van der Waals surface area contributed by atoms with Crippen LogP contribution in [0.4, 0.5) is 21.3 Å². The third-order valence-corrected chi connectivity index (χ3v) is 7.01. The Morgan fingerprint density at radius 2 is 2.00 bits per heavy atom. The molecule has 1 aliphatic heterocycles. The van der Waals surface area contributed by atoms with E-state index in [2.05, 4.69) is 15.0 Å². The molecule has 3 aromatic rings. The lowest BCUT2D eigenvalue weighted by molar-refractivity contribution is -0.124. The fourth-order valence-electron chi connectivity index (χ4n) is 3.25. The largest absolute Gasteiger partial charge is 0.497 e. The number of nitrogens with zero attached hydrogens (tertiary/aromatic N) is 2. The third-order valence-electron chi connectivity index (χ3n) is 4.83. The zero-order valence-corrected chi connectivity index (χ0v) is 19.1. The Bertz CT molecular complexity index is 1250. The Kier molecular flexibility index (Phi) is 6.47. The van der Waals surface area contributed by atoms with Gasteiger partial charge in [0.15, 0.2) is 11.2 Å². The number of methoxy groups -OCH3 is 1. The van der Waals surface area contributed by atoms with Crippen molar-refractivity contribution in [2.24, 2.45) is 0 Å². The van der Waals surface area contributed by atoms with Crippen LogP contribution in [-0.4, -0.2) is 45.2 Å². The van der Waals surface area contributed by atoms with E-state index in [9.17, 15) is 18.0 Å². The molecule has 0 radical (unpaired) electrons. The summed E-state index contributed by atoms with van der Waals surface area (Å²) < 4.78 is 37.7. The molecule has 0 spiro atoms. The molecule has 12 heteroatoms. The zero-order valence-electron chi connectivity index (χ0n) is 17.4. The van der Waals surface area contributed by atoms with Crippen molar-refractivity contribution in [3.63, 3.8) is 0 Å². The summed E-state index contributed by atoms with van der Waals surface area (Å²) in [6.45, 7) is 0.333. The number of aromatic nitrogens is 1. The van der Waals surface area contributed by atoms with E-state index in [1.54, 1.807) is 29.6 Å². The first kappa shape index (κ1) is 22.6. The van der Waals surface area contributed by atoms with Crippen molar-refractivity contribution < 1.29 is 27.5 Å². The van der Waals surface area contributed by atoms with Gasteiger partial charge in [0, 0.05) is 42.0 Å². The fraction of sp³-hybridized carbons (Fsp3) is 0.190. The van der Waals surface area contributed by atoms with Gasteiger partial charge >= 0.3 is 6.09 Å². The standard InChI is InChI=1S/C21H20N4O6S2/c1-30-16-4-2-3-14(13-16)23-21(27)31-18-9-11-25(19(18)26)15-5-7-17(8-6-15)33(28,29)24-20-22-10-12-32-20/h2-8,10,12-13,18H,9,11H2,1H3,(H,22,24)(H,23,27)/t18-/m0/s1. The summed E-state index contributed by atoms with van der Waals surface area (Å²) >= 11 is 1.17. The molecule has 0 aliphatic carbocycles. The van der Waals surface area contributed by atoms with Crippen LogP contribution in [0.2, 0.25) is 0 Å². The van der Waals surface area contributed by atoms with Gasteiger partial charge in [-0.2, -0.15) is 0 Å². The molecule has 1 fully saturated rings. The average molecular weight is 489 g/mol. The maximum absolute atomic E-state index is 12.8. The van der Waals surface area contributed by atoms with Crippen molar-refractivity contribution in [3.05, 3.63) is 60.1 Å². The van der Waals surface area contributed by atoms with Crippen molar-refractivity contribution in [2.75, 3.05) is 28.6 Å². The Hall–Kier alpha value is -3.64. The summed E-state index contributed by atoms with van der Waals surface area (Å²) in [7, 11) is -2.27. The molecule has 0 bridgehead atoms. The minimum Gasteiger partial charge on any atom is -0.497 e. The van der Waals surface area contributed by atoms with Gasteiger partial charge in [-0.05, 0) is 36.4 Å². The maximum atomic E-state index is 12.8. The lowest BCUT2D eigenvalue weighted by atomic mass is 10.3. The molecule has 33 heavy (non-hydrogen) atoms. The highest BCUT2D eigenvalue weighted by atomic mass is 32.2. The van der Waals surface area contributed by atoms with Gasteiger partial charge in [-0.3, -0.25) is 14.8 Å². The van der Waals surface area contributed by atoms with Crippen LogP contribution in [0.1, 0.15) is 6.42 Å². The second-order valence-electron chi connectivity index (χ2n) is 6.97. The molecule has 0 saturated carbocycles. The van der Waals surface area contributed by atoms with Crippen LogP contribution in [0.25, 0.3) is 0 Å². The Morgan fingerprint density at radius 1 is 1.21 bits per heavy atom. The molecule has 2 heterocycles. The number of thiazole rings is 1. The van der Waals surface area contributed by atoms with E-state index >= 15 is 0 Å². The predicted molar refractivity (Wildman–Crippen MR) is 123 cm³/mol. The number of benzene rings is 2. The molecule has 1 atom stereocenters. The highest BCUT2D eigenvalue weighted by Gasteiger charge is 2.35. The SMILES string of the molecule is COc1cccc(NC(=O)O[C@H]2CCN(c3ccc(S(=O)(=O)Nc4nccs4)cc3)C2=O)c1. The van der Waals surface area contributed by atoms with Gasteiger partial charge in [0.1, 0.15) is 5.75 Å². The van der Waals surface area contributed by atoms with E-state index in [0.717, 1.165) is 0 Å². The van der Waals surface area contributed by atoms with Gasteiger partial charge < -0.3 is 14.4 Å². The second-order valence-corrected chi connectivity index (χ2v) is 9.54. The number of amides is 2. The van der Waals surface area contributed by atoms with Gasteiger partial charge in [0.2, 0.25) is 0 Å². The number of sulfonamides is 1. The topological polar surface area (TPSA) is 127 Å². The second kappa shape index (κ2) is 9.46. The lowest BCUT2D eigenvalue weighted by Gasteiger charge is -2.17. The first-order valence-corrected chi connectivity index (χ1v) is 12.2. The zero-order chi connectivity index (χ0) is 23.4. The smallest absolute Gasteiger partial charge is 0.412 e. The van der Waals surface area contributed by atoms with E-state index in [1.807, 2.05) is 0 Å². The van der Waals surface area contributed by atoms with Crippen LogP contribution in [0.15, 0.2) is 65.0 Å². The highest BCUT2D eigenvalue weighted by Crippen LogP contribution is 2.26. The highest BCUT2D eigenvalue weighted by molar-refractivity contribution is 7.93. The van der Waals surface area contributed by atoms with Crippen LogP contribution in [-0.2, 0) is 19.6 Å².